The topological polar surface area (TPSA) is 55.4 Å². The summed E-state index contributed by atoms with van der Waals surface area (Å²) in [6.45, 7) is 0. The van der Waals surface area contributed by atoms with Crippen LogP contribution in [0.2, 0.25) is 0 Å². The molecule has 1 aliphatic heterocycles. The van der Waals surface area contributed by atoms with Gasteiger partial charge in [0, 0.05) is 7.85 Å². The lowest BCUT2D eigenvalue weighted by Gasteiger charge is -2.04. The van der Waals surface area contributed by atoms with Crippen molar-refractivity contribution in [2.24, 2.45) is 0 Å². The van der Waals surface area contributed by atoms with Crippen LogP contribution in [0.5, 0.6) is 0 Å². The molecular weight excluding hydrogens is 182 g/mol. The first-order chi connectivity index (χ1) is 6.75. The summed E-state index contributed by atoms with van der Waals surface area (Å²) < 4.78 is 4.36. The number of esters is 1. The highest BCUT2D eigenvalue weighted by Crippen LogP contribution is 2.08. The zero-order chi connectivity index (χ0) is 9.97. The third-order valence-corrected chi connectivity index (χ3v) is 2.05. The molecule has 0 bridgehead atoms. The Hall–Kier alpha value is -1.84. The van der Waals surface area contributed by atoms with E-state index in [0.29, 0.717) is 6.42 Å². The first-order valence-electron chi connectivity index (χ1n) is 4.32. The Bertz CT molecular complexity index is 366. The molecule has 1 aromatic rings. The number of ether oxygens (including phenoxy) is 1. The largest absolute Gasteiger partial charge is 0.415 e. The molecule has 0 aromatic heterocycles. The number of carbonyl (C=O) groups excluding carboxylic acids is 2. The summed E-state index contributed by atoms with van der Waals surface area (Å²) in [7, 11) is 0. The van der Waals surface area contributed by atoms with Gasteiger partial charge in [0.2, 0.25) is 0 Å². The van der Waals surface area contributed by atoms with Crippen LogP contribution in [0.4, 0.5) is 4.79 Å². The second-order valence-electron chi connectivity index (χ2n) is 3.10. The molecule has 0 saturated carbocycles. The molecule has 1 amide bonds. The van der Waals surface area contributed by atoms with Crippen molar-refractivity contribution in [1.82, 2.24) is 5.32 Å². The Morgan fingerprint density at radius 2 is 2.00 bits per heavy atom. The van der Waals surface area contributed by atoms with E-state index in [4.69, 9.17) is 0 Å². The molecule has 2 rings (SSSR count). The first-order valence-corrected chi connectivity index (χ1v) is 4.32. The number of alkyl carbamates (subject to hydrolysis) is 1. The summed E-state index contributed by atoms with van der Waals surface area (Å²) in [5.41, 5.74) is 0.997. The van der Waals surface area contributed by atoms with E-state index in [-0.39, 0.29) is 1.43 Å². The highest BCUT2D eigenvalue weighted by Gasteiger charge is 2.32. The molecule has 0 unspecified atom stereocenters. The van der Waals surface area contributed by atoms with Crippen molar-refractivity contribution in [3.05, 3.63) is 35.9 Å². The van der Waals surface area contributed by atoms with Crippen LogP contribution in [0.25, 0.3) is 0 Å². The number of benzene rings is 1. The van der Waals surface area contributed by atoms with Gasteiger partial charge >= 0.3 is 12.1 Å². The first kappa shape index (κ1) is 8.74. The maximum Gasteiger partial charge on any atom is 0.415 e. The molecule has 1 atom stereocenters. The average Bonchev–Trinajstić information content (AvgIpc) is 2.47. The van der Waals surface area contributed by atoms with Gasteiger partial charge in [-0.3, -0.25) is 0 Å². The van der Waals surface area contributed by atoms with E-state index < -0.39 is 18.1 Å². The fraction of sp³-hybridized carbons (Fsp3) is 0.200. The molecular formula is C10H11NO3. The van der Waals surface area contributed by atoms with Crippen LogP contribution >= 0.6 is 0 Å². The number of hydrogen-bond acceptors (Lipinski definition) is 3. The predicted octanol–water partition coefficient (Wildman–Crippen LogP) is 1.11. The number of rotatable bonds is 2. The van der Waals surface area contributed by atoms with Crippen LogP contribution < -0.4 is 5.32 Å². The summed E-state index contributed by atoms with van der Waals surface area (Å²) in [5, 5.41) is 2.44. The molecule has 1 heterocycles. The van der Waals surface area contributed by atoms with E-state index in [1.54, 1.807) is 0 Å². The molecule has 1 N–H and O–H groups in total. The molecule has 1 saturated heterocycles. The minimum atomic E-state index is -0.657. The second-order valence-corrected chi connectivity index (χ2v) is 3.10. The van der Waals surface area contributed by atoms with Crippen molar-refractivity contribution in [1.29, 1.82) is 0 Å². The molecule has 14 heavy (non-hydrogen) atoms. The fourth-order valence-electron chi connectivity index (χ4n) is 1.38. The summed E-state index contributed by atoms with van der Waals surface area (Å²) in [6, 6.07) is 8.93. The molecule has 1 aromatic carbocycles. The fourth-order valence-corrected chi connectivity index (χ4v) is 1.38. The van der Waals surface area contributed by atoms with E-state index >= 15 is 0 Å². The van der Waals surface area contributed by atoms with Gasteiger partial charge in [-0.1, -0.05) is 30.3 Å². The zero-order valence-electron chi connectivity index (χ0n) is 7.40. The van der Waals surface area contributed by atoms with E-state index in [2.05, 4.69) is 10.1 Å². The molecule has 4 heteroatoms. The SMILES string of the molecule is O=C1N[C@H](Cc2ccccc2)C(=O)O1.[HH]. The van der Waals surface area contributed by atoms with E-state index in [9.17, 15) is 9.59 Å². The van der Waals surface area contributed by atoms with Crippen molar-refractivity contribution < 1.29 is 15.8 Å². The van der Waals surface area contributed by atoms with Crippen LogP contribution in [0.15, 0.2) is 30.3 Å². The molecule has 0 aliphatic carbocycles. The Morgan fingerprint density at radius 1 is 1.29 bits per heavy atom. The number of cyclic esters (lactones) is 2. The quantitative estimate of drug-likeness (QED) is 0.565. The Balaban J connectivity index is 0.00000112. The molecule has 1 aliphatic rings. The summed E-state index contributed by atoms with van der Waals surface area (Å²) in [5.74, 6) is -0.501. The standard InChI is InChI=1S/C10H9NO3.H2/c12-9-8(11-10(13)14-9)6-7-4-2-1-3-5-7;/h1-5,8H,6H2,(H,11,13);1H/t8-;/m1./s1. The molecule has 0 spiro atoms. The average molecular weight is 193 g/mol. The van der Waals surface area contributed by atoms with Crippen LogP contribution in [0, 0.1) is 0 Å². The van der Waals surface area contributed by atoms with Gasteiger partial charge in [0.15, 0.2) is 0 Å². The lowest BCUT2D eigenvalue weighted by atomic mass is 10.1. The lowest BCUT2D eigenvalue weighted by molar-refractivity contribution is -0.135. The highest BCUT2D eigenvalue weighted by atomic mass is 16.6. The van der Waals surface area contributed by atoms with E-state index in [0.717, 1.165) is 5.56 Å². The van der Waals surface area contributed by atoms with Gasteiger partial charge in [-0.25, -0.2) is 9.59 Å². The van der Waals surface area contributed by atoms with Crippen LogP contribution in [0.1, 0.15) is 6.99 Å². The number of hydrogen-bond donors (Lipinski definition) is 1. The van der Waals surface area contributed by atoms with Gasteiger partial charge in [-0.15, -0.1) is 0 Å². The van der Waals surface area contributed by atoms with Gasteiger partial charge in [0.25, 0.3) is 0 Å². The number of amides is 1. The van der Waals surface area contributed by atoms with Gasteiger partial charge in [0.05, 0.1) is 0 Å². The minimum absolute atomic E-state index is 0. The van der Waals surface area contributed by atoms with Gasteiger partial charge in [0.1, 0.15) is 6.04 Å². The Kier molecular flexibility index (Phi) is 2.18. The molecule has 1 fully saturated rings. The second kappa shape index (κ2) is 3.49. The third-order valence-electron chi connectivity index (χ3n) is 2.05. The summed E-state index contributed by atoms with van der Waals surface area (Å²) >= 11 is 0. The van der Waals surface area contributed by atoms with Crippen molar-refractivity contribution >= 4 is 12.1 Å². The van der Waals surface area contributed by atoms with Crippen molar-refractivity contribution in [2.45, 2.75) is 12.5 Å². The zero-order valence-corrected chi connectivity index (χ0v) is 7.40. The van der Waals surface area contributed by atoms with Crippen LogP contribution in [0.3, 0.4) is 0 Å². The highest BCUT2D eigenvalue weighted by molar-refractivity contribution is 5.95. The normalized spacial score (nSPS) is 20.4. The molecule has 0 radical (unpaired) electrons. The monoisotopic (exact) mass is 193 g/mol. The van der Waals surface area contributed by atoms with Crippen molar-refractivity contribution in [3.8, 4) is 0 Å². The Morgan fingerprint density at radius 3 is 2.57 bits per heavy atom. The minimum Gasteiger partial charge on any atom is -0.375 e. The van der Waals surface area contributed by atoms with Crippen LogP contribution in [-0.2, 0) is 16.0 Å². The van der Waals surface area contributed by atoms with E-state index in [1.165, 1.54) is 0 Å². The predicted molar refractivity (Wildman–Crippen MR) is 50.7 cm³/mol. The molecule has 74 valence electrons. The lowest BCUT2D eigenvalue weighted by Crippen LogP contribution is -2.30. The molecule has 4 nitrogen and oxygen atoms in total. The van der Waals surface area contributed by atoms with Gasteiger partial charge < -0.3 is 10.1 Å². The summed E-state index contributed by atoms with van der Waals surface area (Å²) in [4.78, 5) is 21.8. The maximum atomic E-state index is 11.1. The maximum absolute atomic E-state index is 11.1. The van der Waals surface area contributed by atoms with Crippen molar-refractivity contribution in [2.75, 3.05) is 0 Å². The summed E-state index contributed by atoms with van der Waals surface area (Å²) in [6.07, 6.45) is -0.179. The van der Waals surface area contributed by atoms with E-state index in [1.807, 2.05) is 30.3 Å². The van der Waals surface area contributed by atoms with Crippen LogP contribution in [-0.4, -0.2) is 18.1 Å². The van der Waals surface area contributed by atoms with Crippen molar-refractivity contribution in [3.63, 3.8) is 0 Å². The number of carbonyl (C=O) groups is 2. The van der Waals surface area contributed by atoms with Gasteiger partial charge in [-0.05, 0) is 5.56 Å². The Labute approximate surface area is 82.4 Å². The third kappa shape index (κ3) is 1.74. The smallest absolute Gasteiger partial charge is 0.375 e. The number of nitrogens with one attached hydrogen (secondary N) is 1. The van der Waals surface area contributed by atoms with Gasteiger partial charge in [-0.2, -0.15) is 0 Å².